The van der Waals surface area contributed by atoms with Crippen molar-refractivity contribution in [1.82, 2.24) is 0 Å². The van der Waals surface area contributed by atoms with Crippen LogP contribution in [0.25, 0.3) is 0 Å². The predicted molar refractivity (Wildman–Crippen MR) is 44.1 cm³/mol. The lowest BCUT2D eigenvalue weighted by Gasteiger charge is -2.16. The zero-order chi connectivity index (χ0) is 10.9. The Hall–Kier alpha value is -0.940. The van der Waals surface area contributed by atoms with Crippen molar-refractivity contribution >= 4 is 11.6 Å². The van der Waals surface area contributed by atoms with E-state index < -0.39 is 23.6 Å². The molecule has 1 atom stereocenters. The van der Waals surface area contributed by atoms with E-state index in [1.54, 1.807) is 0 Å². The van der Waals surface area contributed by atoms with Crippen molar-refractivity contribution in [3.8, 4) is 5.75 Å². The van der Waals surface area contributed by atoms with E-state index in [0.717, 1.165) is 12.1 Å². The number of aromatic hydroxyl groups is 1. The highest BCUT2D eigenvalue weighted by molar-refractivity contribution is 6.31. The van der Waals surface area contributed by atoms with Gasteiger partial charge in [-0.15, -0.1) is 0 Å². The van der Waals surface area contributed by atoms with Crippen LogP contribution >= 0.6 is 11.6 Å². The van der Waals surface area contributed by atoms with Gasteiger partial charge in [-0.3, -0.25) is 0 Å². The maximum atomic E-state index is 12.1. The monoisotopic (exact) mass is 226 g/mol. The summed E-state index contributed by atoms with van der Waals surface area (Å²) in [6.07, 6.45) is -7.61. The van der Waals surface area contributed by atoms with Gasteiger partial charge in [0.05, 0.1) is 10.6 Å². The first-order chi connectivity index (χ1) is 6.34. The molecule has 6 heteroatoms. The maximum absolute atomic E-state index is 12.1. The summed E-state index contributed by atoms with van der Waals surface area (Å²) in [5.41, 5.74) is -0.721. The fourth-order valence-corrected chi connectivity index (χ4v) is 1.23. The first-order valence-corrected chi connectivity index (χ1v) is 3.94. The number of phenols is 1. The number of alkyl halides is 3. The van der Waals surface area contributed by atoms with E-state index >= 15 is 0 Å². The molecule has 0 saturated carbocycles. The molecule has 0 aliphatic heterocycles. The molecular formula is C8H6ClF3O2. The average Bonchev–Trinajstić information content (AvgIpc) is 2.01. The van der Waals surface area contributed by atoms with Crippen LogP contribution < -0.4 is 0 Å². The fourth-order valence-electron chi connectivity index (χ4n) is 0.960. The van der Waals surface area contributed by atoms with E-state index in [1.165, 1.54) is 6.07 Å². The molecule has 0 fully saturated rings. The van der Waals surface area contributed by atoms with Gasteiger partial charge in [-0.25, -0.2) is 0 Å². The van der Waals surface area contributed by atoms with E-state index in [0.29, 0.717) is 0 Å². The van der Waals surface area contributed by atoms with Crippen LogP contribution in [0.2, 0.25) is 5.02 Å². The molecule has 0 saturated heterocycles. The largest absolute Gasteiger partial charge is 0.508 e. The van der Waals surface area contributed by atoms with Gasteiger partial charge in [0.25, 0.3) is 0 Å². The maximum Gasteiger partial charge on any atom is 0.418 e. The van der Waals surface area contributed by atoms with Crippen molar-refractivity contribution in [2.45, 2.75) is 12.3 Å². The van der Waals surface area contributed by atoms with Crippen LogP contribution in [-0.2, 0) is 0 Å². The average molecular weight is 227 g/mol. The van der Waals surface area contributed by atoms with Crippen molar-refractivity contribution in [2.24, 2.45) is 0 Å². The summed E-state index contributed by atoms with van der Waals surface area (Å²) in [7, 11) is 0. The van der Waals surface area contributed by atoms with E-state index in [2.05, 4.69) is 0 Å². The highest BCUT2D eigenvalue weighted by Crippen LogP contribution is 2.40. The summed E-state index contributed by atoms with van der Waals surface area (Å²) < 4.78 is 36.2. The van der Waals surface area contributed by atoms with Gasteiger partial charge in [-0.1, -0.05) is 17.7 Å². The highest BCUT2D eigenvalue weighted by atomic mass is 35.5. The second kappa shape index (κ2) is 3.67. The number of rotatable bonds is 1. The summed E-state index contributed by atoms with van der Waals surface area (Å²) in [6, 6.07) is 3.46. The minimum Gasteiger partial charge on any atom is -0.508 e. The number of benzene rings is 1. The summed E-state index contributed by atoms with van der Waals surface area (Å²) in [5.74, 6) is -0.678. The van der Waals surface area contributed by atoms with Crippen LogP contribution in [0.5, 0.6) is 5.75 Å². The molecule has 0 heterocycles. The first-order valence-electron chi connectivity index (χ1n) is 3.56. The van der Waals surface area contributed by atoms with Gasteiger partial charge in [0.1, 0.15) is 5.75 Å². The van der Waals surface area contributed by atoms with Crippen molar-refractivity contribution < 1.29 is 23.4 Å². The third-order valence-corrected chi connectivity index (χ3v) is 1.94. The Balaban J connectivity index is 3.19. The van der Waals surface area contributed by atoms with Crippen molar-refractivity contribution in [2.75, 3.05) is 0 Å². The second-order valence-corrected chi connectivity index (χ2v) is 3.02. The van der Waals surface area contributed by atoms with Crippen LogP contribution in [0.3, 0.4) is 0 Å². The van der Waals surface area contributed by atoms with Gasteiger partial charge in [0.2, 0.25) is 0 Å². The number of halogens is 4. The van der Waals surface area contributed by atoms with Gasteiger partial charge >= 0.3 is 6.18 Å². The number of hydrogen-bond acceptors (Lipinski definition) is 2. The molecule has 1 aromatic carbocycles. The Labute approximate surface area is 82.5 Å². The van der Waals surface area contributed by atoms with E-state index in [1.807, 2.05) is 0 Å². The summed E-state index contributed by atoms with van der Waals surface area (Å²) in [4.78, 5) is 0. The Bertz CT molecular complexity index is 318. The van der Waals surface area contributed by atoms with Gasteiger partial charge in [-0.2, -0.15) is 13.2 Å². The summed E-state index contributed by atoms with van der Waals surface area (Å²) in [5, 5.41) is 17.6. The smallest absolute Gasteiger partial charge is 0.418 e. The number of aliphatic hydroxyl groups is 1. The molecule has 78 valence electrons. The zero-order valence-corrected chi connectivity index (χ0v) is 7.47. The molecule has 2 N–H and O–H groups in total. The molecule has 0 aliphatic carbocycles. The third-order valence-electron chi connectivity index (χ3n) is 1.61. The van der Waals surface area contributed by atoms with E-state index in [9.17, 15) is 13.2 Å². The van der Waals surface area contributed by atoms with Crippen LogP contribution in [0.15, 0.2) is 18.2 Å². The molecular weight excluding hydrogens is 221 g/mol. The zero-order valence-electron chi connectivity index (χ0n) is 6.72. The van der Waals surface area contributed by atoms with Crippen LogP contribution in [0.1, 0.15) is 11.7 Å². The minimum absolute atomic E-state index is 0.324. The lowest BCUT2D eigenvalue weighted by Crippen LogP contribution is -2.20. The molecule has 0 spiro atoms. The fraction of sp³-hybridized carbons (Fsp3) is 0.250. The molecule has 14 heavy (non-hydrogen) atoms. The van der Waals surface area contributed by atoms with Crippen molar-refractivity contribution in [3.63, 3.8) is 0 Å². The topological polar surface area (TPSA) is 40.5 Å². The van der Waals surface area contributed by atoms with Crippen LogP contribution in [0, 0.1) is 0 Å². The molecule has 0 aromatic heterocycles. The van der Waals surface area contributed by atoms with Crippen LogP contribution in [0.4, 0.5) is 13.2 Å². The second-order valence-electron chi connectivity index (χ2n) is 2.62. The molecule has 0 aliphatic rings. The van der Waals surface area contributed by atoms with E-state index in [-0.39, 0.29) is 5.02 Å². The number of aliphatic hydroxyl groups excluding tert-OH is 1. The molecule has 0 radical (unpaired) electrons. The molecule has 1 rings (SSSR count). The van der Waals surface area contributed by atoms with Crippen molar-refractivity contribution in [3.05, 3.63) is 28.8 Å². The Morgan fingerprint density at radius 2 is 1.86 bits per heavy atom. The Morgan fingerprint density at radius 3 is 2.29 bits per heavy atom. The summed E-state index contributed by atoms with van der Waals surface area (Å²) in [6.45, 7) is 0. The quantitative estimate of drug-likeness (QED) is 0.773. The lowest BCUT2D eigenvalue weighted by molar-refractivity contribution is -0.207. The normalized spacial score (nSPS) is 14.1. The predicted octanol–water partition coefficient (Wildman–Crippen LogP) is 2.64. The van der Waals surface area contributed by atoms with Gasteiger partial charge in [0, 0.05) is 0 Å². The SMILES string of the molecule is Oc1cccc(Cl)c1[C@H](O)C(F)(F)F. The summed E-state index contributed by atoms with van der Waals surface area (Å²) >= 11 is 5.41. The third kappa shape index (κ3) is 2.10. The molecule has 2 nitrogen and oxygen atoms in total. The van der Waals surface area contributed by atoms with Gasteiger partial charge in [-0.05, 0) is 12.1 Å². The number of hydrogen-bond donors (Lipinski definition) is 2. The highest BCUT2D eigenvalue weighted by Gasteiger charge is 2.41. The molecule has 0 amide bonds. The number of phenolic OH excluding ortho intramolecular Hbond substituents is 1. The molecule has 1 aromatic rings. The lowest BCUT2D eigenvalue weighted by atomic mass is 10.1. The van der Waals surface area contributed by atoms with Gasteiger partial charge < -0.3 is 10.2 Å². The minimum atomic E-state index is -4.84. The Kier molecular flexibility index (Phi) is 2.92. The Morgan fingerprint density at radius 1 is 1.29 bits per heavy atom. The standard InChI is InChI=1S/C8H6ClF3O2/c9-4-2-1-3-5(13)6(4)7(14)8(10,11)12/h1-3,7,13-14H/t7-/m0/s1. The van der Waals surface area contributed by atoms with Crippen LogP contribution in [-0.4, -0.2) is 16.4 Å². The first kappa shape index (κ1) is 11.1. The van der Waals surface area contributed by atoms with Crippen molar-refractivity contribution in [1.29, 1.82) is 0 Å². The molecule has 0 unspecified atom stereocenters. The van der Waals surface area contributed by atoms with E-state index in [4.69, 9.17) is 21.8 Å². The van der Waals surface area contributed by atoms with Gasteiger partial charge in [0.15, 0.2) is 6.10 Å². The molecule has 0 bridgehead atoms.